The fourth-order valence-corrected chi connectivity index (χ4v) is 11.4. The van der Waals surface area contributed by atoms with Gasteiger partial charge in [0, 0.05) is 118 Å². The van der Waals surface area contributed by atoms with E-state index in [0.29, 0.717) is 24.4 Å². The molecule has 2 N–H and O–H groups in total. The number of hydrogen-bond acceptors (Lipinski definition) is 8. The molecule has 2 aromatic heterocycles. The summed E-state index contributed by atoms with van der Waals surface area (Å²) in [7, 11) is 12.5. The smallest absolute Gasteiger partial charge is 0.410 e. The van der Waals surface area contributed by atoms with E-state index < -0.39 is 40.5 Å². The molecule has 5 amide bonds. The molecule has 2 aromatic rings. The fourth-order valence-electron chi connectivity index (χ4n) is 9.40. The second kappa shape index (κ2) is 27.4. The molecule has 3 atom stereocenters. The van der Waals surface area contributed by atoms with Gasteiger partial charge >= 0.3 is 6.09 Å². The van der Waals surface area contributed by atoms with Crippen molar-refractivity contribution in [1.82, 2.24) is 34.5 Å². The van der Waals surface area contributed by atoms with Crippen LogP contribution < -0.4 is 10.6 Å². The van der Waals surface area contributed by atoms with Crippen molar-refractivity contribution >= 4 is 69.5 Å². The van der Waals surface area contributed by atoms with Crippen LogP contribution in [0.25, 0.3) is 18.2 Å². The lowest BCUT2D eigenvalue weighted by Crippen LogP contribution is -2.62. The Morgan fingerprint density at radius 1 is 0.800 bits per heavy atom. The topological polar surface area (TPSA) is 138 Å². The number of carbonyl (C=O) groups is 5. The average Bonchev–Trinajstić information content (AvgIpc) is 3.79. The SMILES string of the molecule is C=Cc1c(/C=C\C)c(C(C)(C)C(C(=O)NC(C(=O)N(C)C/C=C(\C)C(=O)NCCSSCC/C(C)=C/CN(C)C(=O)C(CC(C)(C)c2cc(C)c(C=C)n2C)C(C)(C)C)C(C)(C)C)N(C)C(=O)OC(C)(C)C)cn1C. The van der Waals surface area contributed by atoms with Crippen LogP contribution in [0.4, 0.5) is 4.79 Å². The maximum atomic E-state index is 14.8. The number of ether oxygens (including phenoxy) is 1. The molecule has 0 aromatic carbocycles. The third-order valence-corrected chi connectivity index (χ3v) is 16.4. The molecule has 13 nitrogen and oxygen atoms in total. The van der Waals surface area contributed by atoms with Gasteiger partial charge in [0.05, 0.1) is 0 Å². The molecule has 75 heavy (non-hydrogen) atoms. The number of allylic oxidation sites excluding steroid dienone is 2. The molecule has 0 fully saturated rings. The van der Waals surface area contributed by atoms with Crippen LogP contribution >= 0.6 is 21.6 Å². The van der Waals surface area contributed by atoms with Gasteiger partial charge in [-0.1, -0.05) is 134 Å². The number of nitrogens with one attached hydrogen (secondary N) is 2. The van der Waals surface area contributed by atoms with Crippen molar-refractivity contribution in [3.8, 4) is 0 Å². The van der Waals surface area contributed by atoms with Gasteiger partial charge in [-0.2, -0.15) is 0 Å². The Bertz CT molecular complexity index is 2430. The molecule has 2 rings (SSSR count). The third-order valence-electron chi connectivity index (χ3n) is 13.9. The van der Waals surface area contributed by atoms with Crippen molar-refractivity contribution in [1.29, 1.82) is 0 Å². The number of amides is 5. The van der Waals surface area contributed by atoms with Crippen molar-refractivity contribution < 1.29 is 28.7 Å². The molecule has 15 heteroatoms. The van der Waals surface area contributed by atoms with Gasteiger partial charge in [0.15, 0.2) is 0 Å². The highest BCUT2D eigenvalue weighted by Crippen LogP contribution is 2.41. The molecule has 0 saturated carbocycles. The van der Waals surface area contributed by atoms with Crippen LogP contribution in [-0.4, -0.2) is 124 Å². The Balaban J connectivity index is 2.04. The first kappa shape index (κ1) is 66.2. The Kier molecular flexibility index (Phi) is 24.2. The third kappa shape index (κ3) is 18.4. The first-order valence-corrected chi connectivity index (χ1v) is 28.7. The van der Waals surface area contributed by atoms with Gasteiger partial charge in [-0.25, -0.2) is 4.79 Å². The fraction of sp³-hybridized carbons (Fsp3) is 0.617. The number of hydrogen-bond donors (Lipinski definition) is 2. The van der Waals surface area contributed by atoms with Gasteiger partial charge in [-0.3, -0.25) is 24.1 Å². The van der Waals surface area contributed by atoms with Gasteiger partial charge in [-0.15, -0.1) is 0 Å². The summed E-state index contributed by atoms with van der Waals surface area (Å²) >= 11 is 0. The lowest BCUT2D eigenvalue weighted by molar-refractivity contribution is -0.140. The predicted molar refractivity (Wildman–Crippen MR) is 319 cm³/mol. The van der Waals surface area contributed by atoms with E-state index >= 15 is 0 Å². The van der Waals surface area contributed by atoms with Crippen molar-refractivity contribution in [2.24, 2.45) is 30.8 Å². The van der Waals surface area contributed by atoms with Crippen molar-refractivity contribution in [2.45, 2.75) is 159 Å². The van der Waals surface area contributed by atoms with Crippen LogP contribution in [-0.2, 0) is 48.8 Å². The maximum absolute atomic E-state index is 14.8. The summed E-state index contributed by atoms with van der Waals surface area (Å²) in [4.78, 5) is 74.6. The van der Waals surface area contributed by atoms with E-state index in [9.17, 15) is 24.0 Å². The highest BCUT2D eigenvalue weighted by Gasteiger charge is 2.47. The number of nitrogens with zero attached hydrogens (tertiary/aromatic N) is 5. The monoisotopic (exact) mass is 1080 g/mol. The zero-order valence-electron chi connectivity index (χ0n) is 50.2. The minimum atomic E-state index is -1.11. The summed E-state index contributed by atoms with van der Waals surface area (Å²) in [5.41, 5.74) is 4.77. The molecule has 0 saturated heterocycles. The van der Waals surface area contributed by atoms with Crippen LogP contribution in [0.1, 0.15) is 157 Å². The van der Waals surface area contributed by atoms with E-state index in [1.807, 2.05) is 89.5 Å². The standard InChI is InChI=1S/C60H97N7O6S2/c1-25-28-43-45(39-65(22)47(43)27-3)60(18,19)50(67(24)55(72)73-58(13,14)15)52(69)62-49(57(10,11)12)54(71)64(21)34-30-41(5)51(68)61-32-36-75-74-35-31-40(4)29-33-63(20)53(70)44(56(7,8)9)38-59(16,17)48-37-42(6)46(26-2)66(48)23/h25-30,37,39,44,49-50H,2-3,31-36,38H2,1,4-24H3,(H,61,68)(H,62,69)/b28-25-,40-29+,41-30+. The van der Waals surface area contributed by atoms with Crippen LogP contribution in [0.5, 0.6) is 0 Å². The van der Waals surface area contributed by atoms with Crippen LogP contribution in [0, 0.1) is 23.7 Å². The average molecular weight is 1080 g/mol. The summed E-state index contributed by atoms with van der Waals surface area (Å²) in [5, 5.41) is 6.04. The lowest BCUT2D eigenvalue weighted by Gasteiger charge is -2.42. The minimum Gasteiger partial charge on any atom is -0.444 e. The summed E-state index contributed by atoms with van der Waals surface area (Å²) in [6.07, 6.45) is 14.3. The summed E-state index contributed by atoms with van der Waals surface area (Å²) < 4.78 is 9.92. The molecule has 0 aliphatic carbocycles. The van der Waals surface area contributed by atoms with Gasteiger partial charge in [0.25, 0.3) is 0 Å². The minimum absolute atomic E-state index is 0.135. The summed E-state index contributed by atoms with van der Waals surface area (Å²) in [6, 6.07) is 0.139. The number of aromatic nitrogens is 2. The van der Waals surface area contributed by atoms with Crippen molar-refractivity contribution in [3.05, 3.63) is 88.6 Å². The Morgan fingerprint density at radius 3 is 1.88 bits per heavy atom. The molecular formula is C60H97N7O6S2. The highest BCUT2D eigenvalue weighted by molar-refractivity contribution is 8.76. The molecule has 0 aliphatic rings. The van der Waals surface area contributed by atoms with E-state index in [1.54, 1.807) is 75.5 Å². The number of aryl methyl sites for hydroxylation is 2. The van der Waals surface area contributed by atoms with E-state index in [1.165, 1.54) is 26.6 Å². The zero-order valence-corrected chi connectivity index (χ0v) is 51.8. The normalized spacial score (nSPS) is 14.3. The molecule has 2 heterocycles. The van der Waals surface area contributed by atoms with E-state index in [0.717, 1.165) is 41.1 Å². The Morgan fingerprint density at radius 2 is 1.36 bits per heavy atom. The quantitative estimate of drug-likeness (QED) is 0.0434. The van der Waals surface area contributed by atoms with Gasteiger partial charge in [0.1, 0.15) is 17.7 Å². The van der Waals surface area contributed by atoms with Gasteiger partial charge in [-0.05, 0) is 101 Å². The highest BCUT2D eigenvalue weighted by atomic mass is 33.1. The van der Waals surface area contributed by atoms with E-state index in [2.05, 4.69) is 96.0 Å². The summed E-state index contributed by atoms with van der Waals surface area (Å²) in [6.45, 7) is 42.7. The zero-order chi connectivity index (χ0) is 57.8. The first-order chi connectivity index (χ1) is 34.4. The molecule has 3 unspecified atom stereocenters. The Hall–Kier alpha value is -4.89. The van der Waals surface area contributed by atoms with Crippen LogP contribution in [0.15, 0.2) is 54.8 Å². The number of carbonyl (C=O) groups excluding carboxylic acids is 5. The van der Waals surface area contributed by atoms with Crippen LogP contribution in [0.3, 0.4) is 0 Å². The van der Waals surface area contributed by atoms with Gasteiger partial charge < -0.3 is 34.3 Å². The van der Waals surface area contributed by atoms with E-state index in [-0.39, 0.29) is 41.0 Å². The molecule has 0 radical (unpaired) electrons. The van der Waals surface area contributed by atoms with Crippen molar-refractivity contribution in [2.75, 3.05) is 52.3 Å². The molecule has 420 valence electrons. The molecule has 0 aliphatic heterocycles. The second-order valence-corrected chi connectivity index (χ2v) is 27.3. The van der Waals surface area contributed by atoms with E-state index in [4.69, 9.17) is 4.74 Å². The maximum Gasteiger partial charge on any atom is 0.410 e. The Labute approximate surface area is 461 Å². The molecule has 0 bridgehead atoms. The predicted octanol–water partition coefficient (Wildman–Crippen LogP) is 11.8. The number of likely N-dealkylation sites (N-methyl/N-ethyl adjacent to an activating group) is 3. The summed E-state index contributed by atoms with van der Waals surface area (Å²) in [5.74, 6) is 0.529. The van der Waals surface area contributed by atoms with Crippen molar-refractivity contribution in [3.63, 3.8) is 0 Å². The van der Waals surface area contributed by atoms with Gasteiger partial charge in [0.2, 0.25) is 23.6 Å². The first-order valence-electron chi connectivity index (χ1n) is 26.2. The lowest BCUT2D eigenvalue weighted by atomic mass is 9.69. The van der Waals surface area contributed by atoms with Crippen LogP contribution in [0.2, 0.25) is 0 Å². The molecule has 0 spiro atoms. The molecular weight excluding hydrogens is 979 g/mol. The second-order valence-electron chi connectivity index (χ2n) is 24.6. The number of rotatable bonds is 25. The largest absolute Gasteiger partial charge is 0.444 e.